The van der Waals surface area contributed by atoms with Gasteiger partial charge in [0.05, 0.1) is 10.8 Å². The number of nitrogens with one attached hydrogen (secondary N) is 1. The maximum Gasteiger partial charge on any atom is 0.234 e. The number of nitrogens with zero attached hydrogens (tertiary/aromatic N) is 3. The molecule has 0 unspecified atom stereocenters. The van der Waals surface area contributed by atoms with Gasteiger partial charge >= 0.3 is 0 Å². The van der Waals surface area contributed by atoms with Crippen LogP contribution in [0.4, 0.5) is 10.1 Å². The Morgan fingerprint density at radius 2 is 1.97 bits per heavy atom. The monoisotopic (exact) mass is 434 g/mol. The highest BCUT2D eigenvalue weighted by Crippen LogP contribution is 2.24. The van der Waals surface area contributed by atoms with E-state index in [4.69, 9.17) is 16.3 Å². The Labute approximate surface area is 177 Å². The van der Waals surface area contributed by atoms with Crippen molar-refractivity contribution in [1.82, 2.24) is 14.8 Å². The first kappa shape index (κ1) is 21.1. The maximum atomic E-state index is 13.2. The van der Waals surface area contributed by atoms with Crippen LogP contribution in [-0.2, 0) is 18.4 Å². The second kappa shape index (κ2) is 9.28. The molecule has 0 aliphatic carbocycles. The molecule has 0 aliphatic rings. The van der Waals surface area contributed by atoms with Crippen LogP contribution in [0.3, 0.4) is 0 Å². The molecule has 0 radical (unpaired) electrons. The molecular formula is C20H20ClFN4O2S. The van der Waals surface area contributed by atoms with Gasteiger partial charge in [0.25, 0.3) is 0 Å². The Bertz CT molecular complexity index is 1020. The predicted octanol–water partition coefficient (Wildman–Crippen LogP) is 4.53. The Kier molecular flexibility index (Phi) is 6.76. The van der Waals surface area contributed by atoms with Crippen molar-refractivity contribution in [1.29, 1.82) is 0 Å². The number of amides is 1. The van der Waals surface area contributed by atoms with Crippen molar-refractivity contribution in [2.75, 3.05) is 11.1 Å². The number of hydrogen-bond acceptors (Lipinski definition) is 5. The molecule has 0 bridgehead atoms. The first-order valence-corrected chi connectivity index (χ1v) is 10.2. The van der Waals surface area contributed by atoms with Crippen LogP contribution >= 0.6 is 23.4 Å². The topological polar surface area (TPSA) is 69.0 Å². The van der Waals surface area contributed by atoms with E-state index in [0.29, 0.717) is 16.7 Å². The molecule has 0 saturated heterocycles. The number of para-hydroxylation sites is 1. The second-order valence-electron chi connectivity index (χ2n) is 6.43. The fraction of sp³-hybridized carbons (Fsp3) is 0.250. The van der Waals surface area contributed by atoms with Crippen LogP contribution in [0.2, 0.25) is 5.02 Å². The summed E-state index contributed by atoms with van der Waals surface area (Å²) in [6.07, 6.45) is 0. The van der Waals surface area contributed by atoms with E-state index in [2.05, 4.69) is 15.5 Å². The van der Waals surface area contributed by atoms with E-state index in [9.17, 15) is 9.18 Å². The first-order chi connectivity index (χ1) is 13.8. The lowest BCUT2D eigenvalue weighted by Gasteiger charge is -2.11. The summed E-state index contributed by atoms with van der Waals surface area (Å²) in [5.74, 6) is 0.823. The van der Waals surface area contributed by atoms with E-state index < -0.39 is 5.82 Å². The molecule has 3 aromatic rings. The van der Waals surface area contributed by atoms with Gasteiger partial charge in [0.15, 0.2) is 11.0 Å². The van der Waals surface area contributed by atoms with Gasteiger partial charge in [0.2, 0.25) is 5.91 Å². The van der Waals surface area contributed by atoms with E-state index in [1.807, 2.05) is 39.1 Å². The number of ether oxygens (including phenoxy) is 1. The minimum Gasteiger partial charge on any atom is -0.485 e. The number of anilines is 1. The summed E-state index contributed by atoms with van der Waals surface area (Å²) >= 11 is 6.97. The molecule has 0 saturated carbocycles. The van der Waals surface area contributed by atoms with Crippen LogP contribution in [0, 0.1) is 19.7 Å². The molecule has 0 aliphatic heterocycles. The van der Waals surface area contributed by atoms with E-state index in [1.54, 1.807) is 4.57 Å². The molecule has 0 atom stereocenters. The van der Waals surface area contributed by atoms with Crippen molar-refractivity contribution in [3.8, 4) is 5.75 Å². The van der Waals surface area contributed by atoms with E-state index in [1.165, 1.54) is 30.0 Å². The number of hydrogen-bond donors (Lipinski definition) is 1. The zero-order valence-corrected chi connectivity index (χ0v) is 17.8. The van der Waals surface area contributed by atoms with Crippen LogP contribution in [0.15, 0.2) is 41.6 Å². The highest BCUT2D eigenvalue weighted by atomic mass is 35.5. The van der Waals surface area contributed by atoms with Crippen LogP contribution < -0.4 is 10.1 Å². The van der Waals surface area contributed by atoms with Crippen LogP contribution in [0.1, 0.15) is 17.0 Å². The van der Waals surface area contributed by atoms with Crippen molar-refractivity contribution in [3.05, 3.63) is 64.2 Å². The van der Waals surface area contributed by atoms with E-state index in [0.717, 1.165) is 16.9 Å². The highest BCUT2D eigenvalue weighted by Gasteiger charge is 2.13. The summed E-state index contributed by atoms with van der Waals surface area (Å²) in [5.41, 5.74) is 2.54. The summed E-state index contributed by atoms with van der Waals surface area (Å²) in [6, 6.07) is 10.00. The molecule has 3 rings (SSSR count). The number of benzene rings is 2. The summed E-state index contributed by atoms with van der Waals surface area (Å²) in [7, 11) is 1.82. The second-order valence-corrected chi connectivity index (χ2v) is 7.78. The van der Waals surface area contributed by atoms with Gasteiger partial charge in [-0.15, -0.1) is 10.2 Å². The van der Waals surface area contributed by atoms with Crippen LogP contribution in [-0.4, -0.2) is 26.4 Å². The first-order valence-electron chi connectivity index (χ1n) is 8.80. The van der Waals surface area contributed by atoms with Gasteiger partial charge in [0, 0.05) is 12.7 Å². The number of aryl methyl sites for hydroxylation is 2. The third-order valence-electron chi connectivity index (χ3n) is 4.22. The van der Waals surface area contributed by atoms with Gasteiger partial charge in [-0.3, -0.25) is 4.79 Å². The molecular weight excluding hydrogens is 415 g/mol. The zero-order chi connectivity index (χ0) is 21.0. The summed E-state index contributed by atoms with van der Waals surface area (Å²) in [6.45, 7) is 4.26. The van der Waals surface area contributed by atoms with Crippen LogP contribution in [0.25, 0.3) is 0 Å². The third kappa shape index (κ3) is 5.27. The van der Waals surface area contributed by atoms with Crippen molar-refractivity contribution >= 4 is 35.0 Å². The lowest BCUT2D eigenvalue weighted by Crippen LogP contribution is -2.14. The molecule has 29 heavy (non-hydrogen) atoms. The van der Waals surface area contributed by atoms with Crippen molar-refractivity contribution in [2.24, 2.45) is 7.05 Å². The molecule has 0 fully saturated rings. The predicted molar refractivity (Wildman–Crippen MR) is 112 cm³/mol. The number of carbonyl (C=O) groups is 1. The van der Waals surface area contributed by atoms with Crippen LogP contribution in [0.5, 0.6) is 5.75 Å². The average molecular weight is 435 g/mol. The zero-order valence-electron chi connectivity index (χ0n) is 16.2. The molecule has 2 aromatic carbocycles. The number of halogens is 2. The Morgan fingerprint density at radius 1 is 1.24 bits per heavy atom. The van der Waals surface area contributed by atoms with Crippen molar-refractivity contribution in [2.45, 2.75) is 25.6 Å². The lowest BCUT2D eigenvalue weighted by atomic mass is 10.1. The summed E-state index contributed by atoms with van der Waals surface area (Å²) < 4.78 is 20.9. The highest BCUT2D eigenvalue weighted by molar-refractivity contribution is 7.99. The quantitative estimate of drug-likeness (QED) is 0.553. The van der Waals surface area contributed by atoms with Gasteiger partial charge < -0.3 is 14.6 Å². The van der Waals surface area contributed by atoms with Gasteiger partial charge in [-0.1, -0.05) is 41.6 Å². The minimum absolute atomic E-state index is 0.0442. The summed E-state index contributed by atoms with van der Waals surface area (Å²) in [4.78, 5) is 12.1. The average Bonchev–Trinajstić information content (AvgIpc) is 3.02. The Hall–Kier alpha value is -2.58. The third-order valence-corrected chi connectivity index (χ3v) is 5.53. The smallest absolute Gasteiger partial charge is 0.234 e. The molecule has 1 heterocycles. The normalized spacial score (nSPS) is 10.8. The number of rotatable bonds is 7. The largest absolute Gasteiger partial charge is 0.485 e. The van der Waals surface area contributed by atoms with Gasteiger partial charge in [0.1, 0.15) is 18.2 Å². The number of carbonyl (C=O) groups excluding carboxylic acids is 1. The molecule has 9 heteroatoms. The molecule has 1 aromatic heterocycles. The van der Waals surface area contributed by atoms with Crippen molar-refractivity contribution in [3.63, 3.8) is 0 Å². The lowest BCUT2D eigenvalue weighted by molar-refractivity contribution is -0.113. The minimum atomic E-state index is -0.534. The maximum absolute atomic E-state index is 13.2. The summed E-state index contributed by atoms with van der Waals surface area (Å²) in [5, 5.41) is 11.5. The molecule has 0 spiro atoms. The standard InChI is InChI=1S/C20H20ClFN4O2S/c1-12-5-4-6-13(2)19(12)28-10-17-24-25-20(26(17)3)29-11-18(27)23-14-7-8-16(22)15(21)9-14/h4-9H,10-11H2,1-3H3,(H,23,27). The van der Waals surface area contributed by atoms with Gasteiger partial charge in [-0.05, 0) is 43.2 Å². The van der Waals surface area contributed by atoms with E-state index in [-0.39, 0.29) is 23.3 Å². The van der Waals surface area contributed by atoms with Gasteiger partial charge in [-0.2, -0.15) is 0 Å². The van der Waals surface area contributed by atoms with Crippen molar-refractivity contribution < 1.29 is 13.9 Å². The van der Waals surface area contributed by atoms with E-state index >= 15 is 0 Å². The fourth-order valence-corrected chi connectivity index (χ4v) is 3.57. The van der Waals surface area contributed by atoms with Gasteiger partial charge in [-0.25, -0.2) is 4.39 Å². The number of thioether (sulfide) groups is 1. The SMILES string of the molecule is Cc1cccc(C)c1OCc1nnc(SCC(=O)Nc2ccc(F)c(Cl)c2)n1C. The Balaban J connectivity index is 1.56. The number of aromatic nitrogens is 3. The molecule has 152 valence electrons. The Morgan fingerprint density at radius 3 is 2.66 bits per heavy atom. The fourth-order valence-electron chi connectivity index (χ4n) is 2.66. The molecule has 1 amide bonds. The molecule has 6 nitrogen and oxygen atoms in total. The molecule has 1 N–H and O–H groups in total.